The smallest absolute Gasteiger partial charge is 0.303 e. The van der Waals surface area contributed by atoms with Gasteiger partial charge in [-0.25, -0.2) is 0 Å². The van der Waals surface area contributed by atoms with E-state index >= 15 is 0 Å². The molecule has 7 nitrogen and oxygen atoms in total. The van der Waals surface area contributed by atoms with Gasteiger partial charge in [0.1, 0.15) is 18.0 Å². The van der Waals surface area contributed by atoms with Crippen molar-refractivity contribution in [2.75, 3.05) is 0 Å². The minimum absolute atomic E-state index is 0.00847. The van der Waals surface area contributed by atoms with Gasteiger partial charge in [-0.05, 0) is 67.3 Å². The Bertz CT molecular complexity index is 935. The summed E-state index contributed by atoms with van der Waals surface area (Å²) in [5.41, 5.74) is 0.107. The predicted molar refractivity (Wildman–Crippen MR) is 124 cm³/mol. The van der Waals surface area contributed by atoms with E-state index in [2.05, 4.69) is 13.8 Å². The number of hydrogen-bond acceptors (Lipinski definition) is 7. The zero-order valence-electron chi connectivity index (χ0n) is 21.0. The SMILES string of the molecule is CCC(OC(C)=O)C(OC(C)=O)[C@H]1CC(=O)[C@@]2(C)CC[C@H]3[C@@H](CCC4=C(O)C(=O)CC[C@@]43C)[C@H]12. The van der Waals surface area contributed by atoms with Gasteiger partial charge in [0.25, 0.3) is 0 Å². The first-order valence-electron chi connectivity index (χ1n) is 12.8. The molecular formula is C27H38O7. The first-order valence-corrected chi connectivity index (χ1v) is 12.8. The topological polar surface area (TPSA) is 107 Å². The highest BCUT2D eigenvalue weighted by Crippen LogP contribution is 2.66. The molecule has 7 heteroatoms. The molecule has 0 spiro atoms. The van der Waals surface area contributed by atoms with Crippen molar-refractivity contribution < 1.29 is 33.8 Å². The molecule has 0 radical (unpaired) electrons. The Hall–Kier alpha value is -2.18. The van der Waals surface area contributed by atoms with Crippen molar-refractivity contribution in [3.63, 3.8) is 0 Å². The van der Waals surface area contributed by atoms with Crippen LogP contribution in [0.3, 0.4) is 0 Å². The fourth-order valence-electron chi connectivity index (χ4n) is 8.17. The molecule has 0 heterocycles. The van der Waals surface area contributed by atoms with Gasteiger partial charge in [0.05, 0.1) is 0 Å². The van der Waals surface area contributed by atoms with Crippen molar-refractivity contribution in [3.05, 3.63) is 11.3 Å². The molecule has 0 aliphatic heterocycles. The van der Waals surface area contributed by atoms with E-state index in [0.717, 1.165) is 24.8 Å². The Morgan fingerprint density at radius 1 is 1.03 bits per heavy atom. The fraction of sp³-hybridized carbons (Fsp3) is 0.778. The molecule has 2 unspecified atom stereocenters. The molecule has 0 amide bonds. The van der Waals surface area contributed by atoms with Gasteiger partial charge >= 0.3 is 11.9 Å². The van der Waals surface area contributed by atoms with Crippen molar-refractivity contribution in [2.24, 2.45) is 34.5 Å². The van der Waals surface area contributed by atoms with Gasteiger partial charge in [0, 0.05) is 38.0 Å². The second kappa shape index (κ2) is 8.80. The van der Waals surface area contributed by atoms with Crippen molar-refractivity contribution in [1.82, 2.24) is 0 Å². The Balaban J connectivity index is 1.75. The summed E-state index contributed by atoms with van der Waals surface area (Å²) in [4.78, 5) is 49.6. The predicted octanol–water partition coefficient (Wildman–Crippen LogP) is 4.47. The first-order chi connectivity index (χ1) is 15.9. The number of carbonyl (C=O) groups is 4. The van der Waals surface area contributed by atoms with Crippen LogP contribution < -0.4 is 0 Å². The molecule has 1 N–H and O–H groups in total. The maximum absolute atomic E-state index is 13.5. The van der Waals surface area contributed by atoms with Gasteiger partial charge < -0.3 is 14.6 Å². The molecule has 0 aromatic heterocycles. The zero-order chi connectivity index (χ0) is 25.0. The molecule has 8 atom stereocenters. The van der Waals surface area contributed by atoms with E-state index in [1.807, 2.05) is 6.92 Å². The van der Waals surface area contributed by atoms with Crippen molar-refractivity contribution in [2.45, 2.75) is 98.2 Å². The number of fused-ring (bicyclic) bond motifs is 5. The average Bonchev–Trinajstić information content (AvgIpc) is 3.04. The lowest BCUT2D eigenvalue weighted by Crippen LogP contribution is -2.54. The molecule has 34 heavy (non-hydrogen) atoms. The highest BCUT2D eigenvalue weighted by molar-refractivity contribution is 5.95. The van der Waals surface area contributed by atoms with Crippen molar-refractivity contribution in [1.29, 1.82) is 0 Å². The Kier molecular flexibility index (Phi) is 6.45. The van der Waals surface area contributed by atoms with E-state index in [-0.39, 0.29) is 46.4 Å². The minimum atomic E-state index is -0.674. The number of allylic oxidation sites excluding steroid dienone is 1. The molecular weight excluding hydrogens is 436 g/mol. The number of esters is 2. The summed E-state index contributed by atoms with van der Waals surface area (Å²) in [5.74, 6) is -0.676. The highest BCUT2D eigenvalue weighted by atomic mass is 16.6. The molecule has 0 aromatic rings. The third kappa shape index (κ3) is 3.79. The number of carbonyl (C=O) groups excluding carboxylic acids is 4. The second-order valence-electron chi connectivity index (χ2n) is 11.4. The lowest BCUT2D eigenvalue weighted by Gasteiger charge is -2.58. The molecule has 188 valence electrons. The molecule has 0 saturated heterocycles. The number of Topliss-reactive ketones (excluding diaryl/α,β-unsaturated/α-hetero) is 2. The minimum Gasteiger partial charge on any atom is -0.504 e. The molecule has 3 saturated carbocycles. The normalized spacial score (nSPS) is 39.0. The second-order valence-corrected chi connectivity index (χ2v) is 11.4. The van der Waals surface area contributed by atoms with E-state index in [4.69, 9.17) is 9.47 Å². The van der Waals surface area contributed by atoms with Gasteiger partial charge in [-0.15, -0.1) is 0 Å². The van der Waals surface area contributed by atoms with Crippen LogP contribution in [0.25, 0.3) is 0 Å². The summed E-state index contributed by atoms with van der Waals surface area (Å²) in [6.07, 6.45) is 3.62. The van der Waals surface area contributed by atoms with Crippen LogP contribution in [0.4, 0.5) is 0 Å². The summed E-state index contributed by atoms with van der Waals surface area (Å²) in [7, 11) is 0. The van der Waals surface area contributed by atoms with Crippen LogP contribution in [0.2, 0.25) is 0 Å². The van der Waals surface area contributed by atoms with E-state index in [0.29, 0.717) is 32.1 Å². The molecule has 3 fully saturated rings. The monoisotopic (exact) mass is 474 g/mol. The third-order valence-electron chi connectivity index (χ3n) is 9.67. The number of rotatable bonds is 5. The van der Waals surface area contributed by atoms with Crippen LogP contribution in [0.5, 0.6) is 0 Å². The number of ketones is 2. The summed E-state index contributed by atoms with van der Waals surface area (Å²) in [5, 5.41) is 10.6. The molecule has 4 rings (SSSR count). The molecule has 0 aromatic carbocycles. The standard InChI is InChI=1S/C27H38O7/c1-6-21(33-14(2)28)25(34-15(3)29)17-13-22(31)27(5)11-9-18-16(23(17)27)7-8-19-24(32)20(30)10-12-26(18,19)4/h16-18,21,23,25,32H,6-13H2,1-5H3/t16-,17+,18+,21?,23-,25?,26-,27-/m1/s1. The van der Waals surface area contributed by atoms with Gasteiger partial charge in [0.15, 0.2) is 11.5 Å². The van der Waals surface area contributed by atoms with E-state index in [1.54, 1.807) is 0 Å². The summed E-state index contributed by atoms with van der Waals surface area (Å²) in [6, 6.07) is 0. The Labute approximate surface area is 201 Å². The molecule has 4 aliphatic rings. The largest absolute Gasteiger partial charge is 0.504 e. The fourth-order valence-corrected chi connectivity index (χ4v) is 8.17. The zero-order valence-corrected chi connectivity index (χ0v) is 21.0. The van der Waals surface area contributed by atoms with Crippen LogP contribution in [0.1, 0.15) is 86.0 Å². The van der Waals surface area contributed by atoms with Crippen LogP contribution in [-0.2, 0) is 28.7 Å². The number of aliphatic hydroxyl groups excluding tert-OH is 1. The molecule has 4 aliphatic carbocycles. The summed E-state index contributed by atoms with van der Waals surface area (Å²) < 4.78 is 11.4. The lowest BCUT2D eigenvalue weighted by atomic mass is 9.46. The Morgan fingerprint density at radius 2 is 1.71 bits per heavy atom. The van der Waals surface area contributed by atoms with Gasteiger partial charge in [-0.2, -0.15) is 0 Å². The van der Waals surface area contributed by atoms with Crippen molar-refractivity contribution in [3.8, 4) is 0 Å². The van der Waals surface area contributed by atoms with Crippen molar-refractivity contribution >= 4 is 23.5 Å². The van der Waals surface area contributed by atoms with Crippen LogP contribution >= 0.6 is 0 Å². The number of aliphatic hydroxyl groups is 1. The maximum atomic E-state index is 13.5. The lowest BCUT2D eigenvalue weighted by molar-refractivity contribution is -0.176. The molecule has 0 bridgehead atoms. The van der Waals surface area contributed by atoms with Crippen LogP contribution in [0, 0.1) is 34.5 Å². The van der Waals surface area contributed by atoms with E-state index in [1.165, 1.54) is 13.8 Å². The number of ether oxygens (including phenoxy) is 2. The van der Waals surface area contributed by atoms with Crippen LogP contribution in [0.15, 0.2) is 11.3 Å². The van der Waals surface area contributed by atoms with Gasteiger partial charge in [0.2, 0.25) is 0 Å². The summed E-state index contributed by atoms with van der Waals surface area (Å²) >= 11 is 0. The maximum Gasteiger partial charge on any atom is 0.303 e. The first kappa shape index (κ1) is 24.9. The van der Waals surface area contributed by atoms with Gasteiger partial charge in [-0.1, -0.05) is 20.8 Å². The number of hydrogen-bond donors (Lipinski definition) is 1. The van der Waals surface area contributed by atoms with E-state index < -0.39 is 29.6 Å². The third-order valence-corrected chi connectivity index (χ3v) is 9.67. The quantitative estimate of drug-likeness (QED) is 0.586. The highest BCUT2D eigenvalue weighted by Gasteiger charge is 2.64. The summed E-state index contributed by atoms with van der Waals surface area (Å²) in [6.45, 7) is 8.83. The average molecular weight is 475 g/mol. The Morgan fingerprint density at radius 3 is 2.32 bits per heavy atom. The van der Waals surface area contributed by atoms with Crippen LogP contribution in [-0.4, -0.2) is 40.8 Å². The van der Waals surface area contributed by atoms with Gasteiger partial charge in [-0.3, -0.25) is 19.2 Å². The van der Waals surface area contributed by atoms with E-state index in [9.17, 15) is 24.3 Å².